The summed E-state index contributed by atoms with van der Waals surface area (Å²) < 4.78 is 0. The number of aliphatic hydroxyl groups excluding tert-OH is 1. The summed E-state index contributed by atoms with van der Waals surface area (Å²) in [7, 11) is 1.87. The Morgan fingerprint density at radius 3 is 2.83 bits per heavy atom. The molecule has 0 aliphatic rings. The number of anilines is 1. The van der Waals surface area contributed by atoms with Crippen LogP contribution >= 0.6 is 0 Å². The molecule has 0 unspecified atom stereocenters. The molecule has 0 amide bonds. The van der Waals surface area contributed by atoms with Crippen molar-refractivity contribution >= 4 is 5.82 Å². The Labute approximate surface area is 71.9 Å². The number of aromatic nitrogens is 2. The Hall–Kier alpha value is -1.16. The number of aliphatic hydroxyl groups is 1. The van der Waals surface area contributed by atoms with Gasteiger partial charge in [-0.3, -0.25) is 4.98 Å². The highest BCUT2D eigenvalue weighted by Gasteiger charge is 2.00. The van der Waals surface area contributed by atoms with Gasteiger partial charge in [0.25, 0.3) is 0 Å². The zero-order valence-electron chi connectivity index (χ0n) is 7.36. The second-order valence-electron chi connectivity index (χ2n) is 2.66. The van der Waals surface area contributed by atoms with Crippen molar-refractivity contribution in [1.29, 1.82) is 0 Å². The van der Waals surface area contributed by atoms with Crippen LogP contribution in [-0.4, -0.2) is 35.3 Å². The first-order valence-corrected chi connectivity index (χ1v) is 3.84. The first-order chi connectivity index (χ1) is 5.74. The third kappa shape index (κ3) is 2.17. The summed E-state index contributed by atoms with van der Waals surface area (Å²) in [6, 6.07) is 0. The average molecular weight is 167 g/mol. The van der Waals surface area contributed by atoms with E-state index >= 15 is 0 Å². The van der Waals surface area contributed by atoms with E-state index in [-0.39, 0.29) is 6.61 Å². The number of likely N-dealkylation sites (N-methyl/N-ethyl adjacent to an activating group) is 1. The number of aryl methyl sites for hydroxylation is 1. The molecule has 0 aromatic carbocycles. The van der Waals surface area contributed by atoms with E-state index in [4.69, 9.17) is 5.11 Å². The van der Waals surface area contributed by atoms with Gasteiger partial charge in [0, 0.05) is 19.8 Å². The Kier molecular flexibility index (Phi) is 2.99. The molecule has 0 aliphatic carbocycles. The predicted molar refractivity (Wildman–Crippen MR) is 47.1 cm³/mol. The molecule has 1 heterocycles. The highest BCUT2D eigenvalue weighted by Crippen LogP contribution is 2.05. The van der Waals surface area contributed by atoms with E-state index in [9.17, 15) is 0 Å². The van der Waals surface area contributed by atoms with Gasteiger partial charge in [0.15, 0.2) is 0 Å². The van der Waals surface area contributed by atoms with Crippen molar-refractivity contribution < 1.29 is 5.11 Å². The number of hydrogen-bond acceptors (Lipinski definition) is 4. The Balaban J connectivity index is 2.73. The zero-order chi connectivity index (χ0) is 8.97. The topological polar surface area (TPSA) is 49.2 Å². The van der Waals surface area contributed by atoms with Crippen molar-refractivity contribution in [3.63, 3.8) is 0 Å². The van der Waals surface area contributed by atoms with E-state index in [1.54, 1.807) is 12.4 Å². The van der Waals surface area contributed by atoms with E-state index < -0.39 is 0 Å². The number of nitrogens with zero attached hydrogens (tertiary/aromatic N) is 3. The number of hydrogen-bond donors (Lipinski definition) is 1. The smallest absolute Gasteiger partial charge is 0.147 e. The van der Waals surface area contributed by atoms with Crippen LogP contribution in [-0.2, 0) is 0 Å². The molecule has 4 heteroatoms. The van der Waals surface area contributed by atoms with Gasteiger partial charge in [0.2, 0.25) is 0 Å². The van der Waals surface area contributed by atoms with E-state index in [2.05, 4.69) is 9.97 Å². The molecule has 1 N–H and O–H groups in total. The van der Waals surface area contributed by atoms with Gasteiger partial charge in [0.05, 0.1) is 18.5 Å². The lowest BCUT2D eigenvalue weighted by molar-refractivity contribution is 0.304. The molecular formula is C8H13N3O. The molecule has 4 nitrogen and oxygen atoms in total. The van der Waals surface area contributed by atoms with Crippen LogP contribution in [0.15, 0.2) is 12.4 Å². The molecule has 66 valence electrons. The molecular weight excluding hydrogens is 154 g/mol. The maximum atomic E-state index is 8.68. The molecule has 0 fully saturated rings. The quantitative estimate of drug-likeness (QED) is 0.699. The molecule has 0 radical (unpaired) electrons. The second kappa shape index (κ2) is 4.01. The minimum Gasteiger partial charge on any atom is -0.395 e. The summed E-state index contributed by atoms with van der Waals surface area (Å²) in [5.74, 6) is 0.795. The highest BCUT2D eigenvalue weighted by molar-refractivity contribution is 5.34. The minimum absolute atomic E-state index is 0.131. The van der Waals surface area contributed by atoms with Gasteiger partial charge in [-0.05, 0) is 6.92 Å². The normalized spacial score (nSPS) is 9.92. The van der Waals surface area contributed by atoms with Gasteiger partial charge in [-0.25, -0.2) is 4.98 Å². The van der Waals surface area contributed by atoms with Crippen molar-refractivity contribution in [2.75, 3.05) is 25.1 Å². The molecule has 1 rings (SSSR count). The Bertz CT molecular complexity index is 252. The van der Waals surface area contributed by atoms with Crippen LogP contribution < -0.4 is 4.90 Å². The third-order valence-corrected chi connectivity index (χ3v) is 1.57. The molecule has 0 bridgehead atoms. The molecule has 0 saturated carbocycles. The molecule has 0 spiro atoms. The van der Waals surface area contributed by atoms with Gasteiger partial charge in [-0.1, -0.05) is 0 Å². The summed E-state index contributed by atoms with van der Waals surface area (Å²) in [6.07, 6.45) is 3.39. The predicted octanol–water partition coefficient (Wildman–Crippen LogP) is 0.214. The van der Waals surface area contributed by atoms with Crippen LogP contribution in [0.2, 0.25) is 0 Å². The van der Waals surface area contributed by atoms with E-state index in [0.29, 0.717) is 6.54 Å². The molecule has 1 aromatic rings. The largest absolute Gasteiger partial charge is 0.395 e. The molecule has 0 atom stereocenters. The van der Waals surface area contributed by atoms with Crippen LogP contribution in [0, 0.1) is 6.92 Å². The van der Waals surface area contributed by atoms with E-state index in [1.165, 1.54) is 0 Å². The first kappa shape index (κ1) is 8.93. The summed E-state index contributed by atoms with van der Waals surface area (Å²) in [5, 5.41) is 8.68. The van der Waals surface area contributed by atoms with Gasteiger partial charge in [-0.2, -0.15) is 0 Å². The maximum Gasteiger partial charge on any atom is 0.147 e. The fourth-order valence-electron chi connectivity index (χ4n) is 0.899. The standard InChI is InChI=1S/C8H13N3O/c1-7-5-9-6-8(10-7)11(2)3-4-12/h5-6,12H,3-4H2,1-2H3. The fraction of sp³-hybridized carbons (Fsp3) is 0.500. The monoisotopic (exact) mass is 167 g/mol. The van der Waals surface area contributed by atoms with Crippen LogP contribution in [0.5, 0.6) is 0 Å². The van der Waals surface area contributed by atoms with Crippen LogP contribution in [0.3, 0.4) is 0 Å². The first-order valence-electron chi connectivity index (χ1n) is 3.84. The summed E-state index contributed by atoms with van der Waals surface area (Å²) in [6.45, 7) is 2.60. The molecule has 12 heavy (non-hydrogen) atoms. The zero-order valence-corrected chi connectivity index (χ0v) is 7.36. The summed E-state index contributed by atoms with van der Waals surface area (Å²) >= 11 is 0. The summed E-state index contributed by atoms with van der Waals surface area (Å²) in [5.41, 5.74) is 0.886. The summed E-state index contributed by atoms with van der Waals surface area (Å²) in [4.78, 5) is 10.1. The fourth-order valence-corrected chi connectivity index (χ4v) is 0.899. The minimum atomic E-state index is 0.131. The van der Waals surface area contributed by atoms with Crippen molar-refractivity contribution in [1.82, 2.24) is 9.97 Å². The molecule has 0 aliphatic heterocycles. The van der Waals surface area contributed by atoms with Crippen molar-refractivity contribution in [2.45, 2.75) is 6.92 Å². The van der Waals surface area contributed by atoms with Crippen molar-refractivity contribution in [3.8, 4) is 0 Å². The lowest BCUT2D eigenvalue weighted by Gasteiger charge is -2.15. The number of rotatable bonds is 3. The van der Waals surface area contributed by atoms with Gasteiger partial charge in [0.1, 0.15) is 5.82 Å². The Morgan fingerprint density at radius 1 is 1.50 bits per heavy atom. The van der Waals surface area contributed by atoms with Gasteiger partial charge in [-0.15, -0.1) is 0 Å². The SMILES string of the molecule is Cc1cncc(N(C)CCO)n1. The van der Waals surface area contributed by atoms with Crippen molar-refractivity contribution in [3.05, 3.63) is 18.1 Å². The molecule has 1 aromatic heterocycles. The average Bonchev–Trinajstić information content (AvgIpc) is 2.05. The van der Waals surface area contributed by atoms with E-state index in [1.807, 2.05) is 18.9 Å². The van der Waals surface area contributed by atoms with Crippen molar-refractivity contribution in [2.24, 2.45) is 0 Å². The van der Waals surface area contributed by atoms with Gasteiger partial charge < -0.3 is 10.0 Å². The van der Waals surface area contributed by atoms with Gasteiger partial charge >= 0.3 is 0 Å². The lowest BCUT2D eigenvalue weighted by atomic mass is 10.5. The maximum absolute atomic E-state index is 8.68. The molecule has 0 saturated heterocycles. The van der Waals surface area contributed by atoms with Crippen LogP contribution in [0.25, 0.3) is 0 Å². The van der Waals surface area contributed by atoms with Crippen LogP contribution in [0.1, 0.15) is 5.69 Å². The highest BCUT2D eigenvalue weighted by atomic mass is 16.3. The lowest BCUT2D eigenvalue weighted by Crippen LogP contribution is -2.22. The van der Waals surface area contributed by atoms with E-state index in [0.717, 1.165) is 11.5 Å². The third-order valence-electron chi connectivity index (χ3n) is 1.57. The van der Waals surface area contributed by atoms with Crippen LogP contribution in [0.4, 0.5) is 5.82 Å². The second-order valence-corrected chi connectivity index (χ2v) is 2.66. The Morgan fingerprint density at radius 2 is 2.25 bits per heavy atom.